The molecule has 9 heteroatoms. The predicted octanol–water partition coefficient (Wildman–Crippen LogP) is 5.16. The third-order valence-corrected chi connectivity index (χ3v) is 5.38. The van der Waals surface area contributed by atoms with Crippen LogP contribution in [-0.2, 0) is 6.54 Å². The molecule has 2 aromatic heterocycles. The zero-order valence-corrected chi connectivity index (χ0v) is 16.8. The van der Waals surface area contributed by atoms with Crippen LogP contribution in [-0.4, -0.2) is 19.6 Å². The molecule has 0 fully saturated rings. The fourth-order valence-electron chi connectivity index (χ4n) is 2.67. The highest BCUT2D eigenvalue weighted by Crippen LogP contribution is 2.33. The number of rotatable bonds is 5. The van der Waals surface area contributed by atoms with E-state index < -0.39 is 0 Å². The van der Waals surface area contributed by atoms with Gasteiger partial charge >= 0.3 is 0 Å². The topological polar surface area (TPSA) is 89.6 Å². The maximum absolute atomic E-state index is 6.30. The average Bonchev–Trinajstić information content (AvgIpc) is 3.23. The number of nitrogens with zero attached hydrogens (tertiary/aromatic N) is 4. The Bertz CT molecular complexity index is 1100. The summed E-state index contributed by atoms with van der Waals surface area (Å²) in [6, 6.07) is 15.3. The molecule has 4 aromatic rings. The van der Waals surface area contributed by atoms with Crippen molar-refractivity contribution in [3.63, 3.8) is 0 Å². The monoisotopic (exact) mass is 428 g/mol. The Kier molecular flexibility index (Phi) is 5.38. The SMILES string of the molecule is Nc1nc(NCc2ccc(-c3csnn3)cc2)cc(-c2cccc(Cl)c2Cl)n1. The Morgan fingerprint density at radius 2 is 1.82 bits per heavy atom. The molecule has 0 atom stereocenters. The number of nitrogen functional groups attached to an aromatic ring is 1. The van der Waals surface area contributed by atoms with Crippen LogP contribution in [0.15, 0.2) is 53.9 Å². The first-order chi connectivity index (χ1) is 13.6. The van der Waals surface area contributed by atoms with Crippen molar-refractivity contribution in [2.24, 2.45) is 0 Å². The van der Waals surface area contributed by atoms with Crippen LogP contribution in [0, 0.1) is 0 Å². The lowest BCUT2D eigenvalue weighted by atomic mass is 10.1. The van der Waals surface area contributed by atoms with Crippen LogP contribution in [0.3, 0.4) is 0 Å². The van der Waals surface area contributed by atoms with Gasteiger partial charge in [0.15, 0.2) is 0 Å². The van der Waals surface area contributed by atoms with E-state index in [2.05, 4.69) is 24.9 Å². The zero-order valence-electron chi connectivity index (χ0n) is 14.4. The molecule has 4 rings (SSSR count). The van der Waals surface area contributed by atoms with Crippen LogP contribution in [0.4, 0.5) is 11.8 Å². The van der Waals surface area contributed by atoms with E-state index in [1.165, 1.54) is 11.5 Å². The fraction of sp³-hybridized carbons (Fsp3) is 0.0526. The molecular formula is C19H14Cl2N6S. The van der Waals surface area contributed by atoms with Gasteiger partial charge in [0, 0.05) is 29.1 Å². The van der Waals surface area contributed by atoms with Crippen LogP contribution < -0.4 is 11.1 Å². The van der Waals surface area contributed by atoms with Crippen molar-refractivity contribution in [2.45, 2.75) is 6.54 Å². The molecule has 0 amide bonds. The van der Waals surface area contributed by atoms with Crippen molar-refractivity contribution in [2.75, 3.05) is 11.1 Å². The Morgan fingerprint density at radius 1 is 1.00 bits per heavy atom. The van der Waals surface area contributed by atoms with Gasteiger partial charge in [-0.05, 0) is 23.2 Å². The van der Waals surface area contributed by atoms with Gasteiger partial charge < -0.3 is 11.1 Å². The van der Waals surface area contributed by atoms with Gasteiger partial charge in [-0.2, -0.15) is 4.98 Å². The number of benzene rings is 2. The zero-order chi connectivity index (χ0) is 19.5. The molecule has 0 spiro atoms. The van der Waals surface area contributed by atoms with Gasteiger partial charge in [0.05, 0.1) is 15.7 Å². The normalized spacial score (nSPS) is 10.8. The van der Waals surface area contributed by atoms with Gasteiger partial charge in [0.1, 0.15) is 11.5 Å². The molecule has 0 radical (unpaired) electrons. The number of halogens is 2. The average molecular weight is 429 g/mol. The molecule has 0 saturated heterocycles. The molecule has 0 bridgehead atoms. The first-order valence-electron chi connectivity index (χ1n) is 8.29. The summed E-state index contributed by atoms with van der Waals surface area (Å²) in [4.78, 5) is 8.52. The van der Waals surface area contributed by atoms with Crippen LogP contribution in [0.5, 0.6) is 0 Å². The minimum atomic E-state index is 0.155. The lowest BCUT2D eigenvalue weighted by Gasteiger charge is -2.10. The molecule has 0 aliphatic heterocycles. The highest BCUT2D eigenvalue weighted by molar-refractivity contribution is 7.03. The lowest BCUT2D eigenvalue weighted by molar-refractivity contribution is 1.09. The second kappa shape index (κ2) is 8.10. The first-order valence-corrected chi connectivity index (χ1v) is 9.88. The fourth-order valence-corrected chi connectivity index (χ4v) is 3.54. The van der Waals surface area contributed by atoms with Crippen LogP contribution >= 0.6 is 34.7 Å². The van der Waals surface area contributed by atoms with Crippen molar-refractivity contribution in [1.29, 1.82) is 0 Å². The van der Waals surface area contributed by atoms with E-state index in [9.17, 15) is 0 Å². The van der Waals surface area contributed by atoms with Crippen molar-refractivity contribution in [1.82, 2.24) is 19.6 Å². The van der Waals surface area contributed by atoms with Gasteiger partial charge in [-0.1, -0.05) is 64.1 Å². The molecule has 2 aromatic carbocycles. The number of nitrogens with one attached hydrogen (secondary N) is 1. The molecule has 6 nitrogen and oxygen atoms in total. The van der Waals surface area contributed by atoms with Gasteiger partial charge in [-0.15, -0.1) is 5.10 Å². The molecule has 0 saturated carbocycles. The summed E-state index contributed by atoms with van der Waals surface area (Å²) in [6.07, 6.45) is 0. The minimum Gasteiger partial charge on any atom is -0.368 e. The van der Waals surface area contributed by atoms with Crippen LogP contribution in [0.1, 0.15) is 5.56 Å². The highest BCUT2D eigenvalue weighted by Gasteiger charge is 2.11. The molecule has 2 heterocycles. The number of aromatic nitrogens is 4. The van der Waals surface area contributed by atoms with E-state index in [-0.39, 0.29) is 5.95 Å². The summed E-state index contributed by atoms with van der Waals surface area (Å²) >= 11 is 13.7. The Hall–Kier alpha value is -2.74. The smallest absolute Gasteiger partial charge is 0.222 e. The standard InChI is InChI=1S/C19H14Cl2N6S/c20-14-3-1-2-13(18(14)21)15-8-17(25-19(22)24-15)23-9-11-4-6-12(7-5-11)16-10-28-27-26-16/h1-8,10H,9H2,(H3,22,23,24,25). The molecule has 28 heavy (non-hydrogen) atoms. The summed E-state index contributed by atoms with van der Waals surface area (Å²) in [5.41, 5.74) is 10.2. The van der Waals surface area contributed by atoms with Gasteiger partial charge in [0.2, 0.25) is 5.95 Å². The van der Waals surface area contributed by atoms with Gasteiger partial charge in [-0.3, -0.25) is 0 Å². The quantitative estimate of drug-likeness (QED) is 0.455. The number of nitrogens with two attached hydrogens (primary N) is 1. The highest BCUT2D eigenvalue weighted by atomic mass is 35.5. The number of anilines is 2. The molecule has 3 N–H and O–H groups in total. The van der Waals surface area contributed by atoms with E-state index in [0.717, 1.165) is 16.8 Å². The van der Waals surface area contributed by atoms with E-state index in [0.29, 0.717) is 33.7 Å². The van der Waals surface area contributed by atoms with Gasteiger partial charge in [-0.25, -0.2) is 4.98 Å². The summed E-state index contributed by atoms with van der Waals surface area (Å²) in [7, 11) is 0. The molecule has 0 aliphatic rings. The summed E-state index contributed by atoms with van der Waals surface area (Å²) < 4.78 is 3.89. The second-order valence-corrected chi connectivity index (χ2v) is 7.33. The second-order valence-electron chi connectivity index (χ2n) is 5.94. The van der Waals surface area contributed by atoms with Gasteiger partial charge in [0.25, 0.3) is 0 Å². The first kappa shape index (κ1) is 18.6. The predicted molar refractivity (Wildman–Crippen MR) is 115 cm³/mol. The van der Waals surface area contributed by atoms with Crippen molar-refractivity contribution < 1.29 is 0 Å². The maximum atomic E-state index is 6.30. The lowest BCUT2D eigenvalue weighted by Crippen LogP contribution is -2.05. The molecule has 0 unspecified atom stereocenters. The number of hydrogen-bond acceptors (Lipinski definition) is 7. The number of hydrogen-bond donors (Lipinski definition) is 2. The third kappa shape index (κ3) is 4.06. The minimum absolute atomic E-state index is 0.155. The summed E-state index contributed by atoms with van der Waals surface area (Å²) in [6.45, 7) is 0.578. The summed E-state index contributed by atoms with van der Waals surface area (Å²) in [5, 5.41) is 10.1. The van der Waals surface area contributed by atoms with E-state index in [1.807, 2.05) is 41.8 Å². The van der Waals surface area contributed by atoms with E-state index >= 15 is 0 Å². The third-order valence-electron chi connectivity index (χ3n) is 4.05. The van der Waals surface area contributed by atoms with Crippen LogP contribution in [0.2, 0.25) is 10.0 Å². The maximum Gasteiger partial charge on any atom is 0.222 e. The Labute approximate surface area is 175 Å². The molecule has 0 aliphatic carbocycles. The van der Waals surface area contributed by atoms with Crippen molar-refractivity contribution in [3.05, 3.63) is 69.5 Å². The van der Waals surface area contributed by atoms with Crippen molar-refractivity contribution in [3.8, 4) is 22.5 Å². The van der Waals surface area contributed by atoms with E-state index in [4.69, 9.17) is 28.9 Å². The Balaban J connectivity index is 1.52. The van der Waals surface area contributed by atoms with Crippen molar-refractivity contribution >= 4 is 46.5 Å². The van der Waals surface area contributed by atoms with Crippen LogP contribution in [0.25, 0.3) is 22.5 Å². The largest absolute Gasteiger partial charge is 0.368 e. The summed E-state index contributed by atoms with van der Waals surface area (Å²) in [5.74, 6) is 0.758. The van der Waals surface area contributed by atoms with E-state index in [1.54, 1.807) is 12.1 Å². The Morgan fingerprint density at radius 3 is 2.57 bits per heavy atom. The molecule has 140 valence electrons. The molecular weight excluding hydrogens is 415 g/mol.